The SMILES string of the molecule is O=C(Cc1cccc(I)c1)N1CCCC(O)C1. The number of hydrogen-bond acceptors (Lipinski definition) is 2. The van der Waals surface area contributed by atoms with E-state index >= 15 is 0 Å². The molecule has 0 radical (unpaired) electrons. The molecule has 0 aromatic heterocycles. The van der Waals surface area contributed by atoms with Gasteiger partial charge in [-0.25, -0.2) is 0 Å². The quantitative estimate of drug-likeness (QED) is 0.831. The lowest BCUT2D eigenvalue weighted by Crippen LogP contribution is -2.42. The predicted molar refractivity (Wildman–Crippen MR) is 74.7 cm³/mol. The maximum absolute atomic E-state index is 12.0. The number of hydrogen-bond donors (Lipinski definition) is 1. The molecule has 1 aromatic carbocycles. The average molecular weight is 345 g/mol. The second kappa shape index (κ2) is 5.82. The Bertz CT molecular complexity index is 408. The van der Waals surface area contributed by atoms with Crippen LogP contribution in [-0.4, -0.2) is 35.1 Å². The maximum Gasteiger partial charge on any atom is 0.227 e. The number of carbonyl (C=O) groups excluding carboxylic acids is 1. The highest BCUT2D eigenvalue weighted by atomic mass is 127. The van der Waals surface area contributed by atoms with Crippen LogP contribution in [0.15, 0.2) is 24.3 Å². The van der Waals surface area contributed by atoms with Gasteiger partial charge < -0.3 is 10.0 Å². The number of aliphatic hydroxyl groups excluding tert-OH is 1. The minimum absolute atomic E-state index is 0.116. The van der Waals surface area contributed by atoms with Crippen LogP contribution >= 0.6 is 22.6 Å². The largest absolute Gasteiger partial charge is 0.391 e. The van der Waals surface area contributed by atoms with Gasteiger partial charge in [0, 0.05) is 16.7 Å². The summed E-state index contributed by atoms with van der Waals surface area (Å²) in [5, 5.41) is 9.54. The van der Waals surface area contributed by atoms with Gasteiger partial charge in [0.15, 0.2) is 0 Å². The zero-order valence-corrected chi connectivity index (χ0v) is 11.8. The van der Waals surface area contributed by atoms with E-state index in [9.17, 15) is 9.90 Å². The number of β-amino-alcohol motifs (C(OH)–C–C–N with tert-alkyl or cyclic N) is 1. The van der Waals surface area contributed by atoms with Crippen molar-refractivity contribution in [1.29, 1.82) is 0 Å². The van der Waals surface area contributed by atoms with E-state index in [-0.39, 0.29) is 12.0 Å². The highest BCUT2D eigenvalue weighted by molar-refractivity contribution is 14.1. The minimum atomic E-state index is -0.344. The summed E-state index contributed by atoms with van der Waals surface area (Å²) >= 11 is 2.25. The van der Waals surface area contributed by atoms with Crippen molar-refractivity contribution in [2.24, 2.45) is 0 Å². The van der Waals surface area contributed by atoms with Crippen molar-refractivity contribution in [3.8, 4) is 0 Å². The fraction of sp³-hybridized carbons (Fsp3) is 0.462. The summed E-state index contributed by atoms with van der Waals surface area (Å²) in [5.41, 5.74) is 1.04. The standard InChI is InChI=1S/C13H16INO2/c14-11-4-1-3-10(7-11)8-13(17)15-6-2-5-12(16)9-15/h1,3-4,7,12,16H,2,5-6,8-9H2. The fourth-order valence-electron chi connectivity index (χ4n) is 2.11. The number of amides is 1. The van der Waals surface area contributed by atoms with Crippen LogP contribution < -0.4 is 0 Å². The average Bonchev–Trinajstić information content (AvgIpc) is 2.29. The third kappa shape index (κ3) is 3.67. The molecular formula is C13H16INO2. The molecule has 1 unspecified atom stereocenters. The number of carbonyl (C=O) groups is 1. The highest BCUT2D eigenvalue weighted by Crippen LogP contribution is 2.13. The summed E-state index contributed by atoms with van der Waals surface area (Å²) in [7, 11) is 0. The van der Waals surface area contributed by atoms with Crippen LogP contribution in [0.2, 0.25) is 0 Å². The number of nitrogens with zero attached hydrogens (tertiary/aromatic N) is 1. The second-order valence-corrected chi connectivity index (χ2v) is 5.69. The normalized spacial score (nSPS) is 20.4. The number of halogens is 1. The van der Waals surface area contributed by atoms with Crippen LogP contribution in [0.4, 0.5) is 0 Å². The van der Waals surface area contributed by atoms with Gasteiger partial charge in [0.2, 0.25) is 5.91 Å². The fourth-order valence-corrected chi connectivity index (χ4v) is 2.72. The van der Waals surface area contributed by atoms with E-state index in [0.29, 0.717) is 13.0 Å². The van der Waals surface area contributed by atoms with Gasteiger partial charge in [-0.05, 0) is 53.1 Å². The van der Waals surface area contributed by atoms with Gasteiger partial charge >= 0.3 is 0 Å². The topological polar surface area (TPSA) is 40.5 Å². The Morgan fingerprint density at radius 1 is 1.53 bits per heavy atom. The Labute approximate surface area is 115 Å². The molecule has 1 N–H and O–H groups in total. The van der Waals surface area contributed by atoms with Crippen molar-refractivity contribution >= 4 is 28.5 Å². The zero-order valence-electron chi connectivity index (χ0n) is 9.60. The van der Waals surface area contributed by atoms with Gasteiger partial charge in [-0.1, -0.05) is 12.1 Å². The summed E-state index contributed by atoms with van der Waals surface area (Å²) in [6.07, 6.45) is 1.80. The molecule has 1 aliphatic heterocycles. The number of likely N-dealkylation sites (tertiary alicyclic amines) is 1. The van der Waals surface area contributed by atoms with Crippen LogP contribution in [-0.2, 0) is 11.2 Å². The minimum Gasteiger partial charge on any atom is -0.391 e. The van der Waals surface area contributed by atoms with Crippen molar-refractivity contribution in [3.63, 3.8) is 0 Å². The Balaban J connectivity index is 1.96. The molecule has 3 nitrogen and oxygen atoms in total. The van der Waals surface area contributed by atoms with E-state index in [0.717, 1.165) is 28.5 Å². The molecule has 0 bridgehead atoms. The van der Waals surface area contributed by atoms with E-state index in [1.165, 1.54) is 0 Å². The number of rotatable bonds is 2. The molecule has 0 aliphatic carbocycles. The first-order chi connectivity index (χ1) is 8.15. The van der Waals surface area contributed by atoms with Crippen LogP contribution in [0.5, 0.6) is 0 Å². The van der Waals surface area contributed by atoms with Crippen molar-refractivity contribution < 1.29 is 9.90 Å². The van der Waals surface area contributed by atoms with Crippen LogP contribution in [0, 0.1) is 3.57 Å². The summed E-state index contributed by atoms with van der Waals surface area (Å²) < 4.78 is 1.14. The molecular weight excluding hydrogens is 329 g/mol. The van der Waals surface area contributed by atoms with Gasteiger partial charge in [0.25, 0.3) is 0 Å². The molecule has 2 rings (SSSR count). The molecule has 1 aromatic rings. The zero-order chi connectivity index (χ0) is 12.3. The Kier molecular flexibility index (Phi) is 4.39. The van der Waals surface area contributed by atoms with Crippen molar-refractivity contribution in [1.82, 2.24) is 4.90 Å². The van der Waals surface area contributed by atoms with E-state index in [1.807, 2.05) is 24.3 Å². The van der Waals surface area contributed by atoms with Gasteiger partial charge in [0.05, 0.1) is 12.5 Å². The predicted octanol–water partition coefficient (Wildman–Crippen LogP) is 1.82. The second-order valence-electron chi connectivity index (χ2n) is 4.44. The Morgan fingerprint density at radius 2 is 2.35 bits per heavy atom. The van der Waals surface area contributed by atoms with E-state index in [4.69, 9.17) is 0 Å². The summed E-state index contributed by atoms with van der Waals surface area (Å²) in [6.45, 7) is 1.27. The molecule has 0 saturated carbocycles. The van der Waals surface area contributed by atoms with E-state index < -0.39 is 0 Å². The Hall–Kier alpha value is -0.620. The van der Waals surface area contributed by atoms with Gasteiger partial charge in [-0.3, -0.25) is 4.79 Å². The molecule has 4 heteroatoms. The smallest absolute Gasteiger partial charge is 0.227 e. The number of benzene rings is 1. The molecule has 92 valence electrons. The molecule has 1 aliphatic rings. The van der Waals surface area contributed by atoms with E-state index in [2.05, 4.69) is 22.6 Å². The van der Waals surface area contributed by atoms with Crippen LogP contribution in [0.1, 0.15) is 18.4 Å². The molecule has 17 heavy (non-hydrogen) atoms. The number of aliphatic hydroxyl groups is 1. The summed E-state index contributed by atoms with van der Waals surface area (Å²) in [6, 6.07) is 7.98. The van der Waals surface area contributed by atoms with Crippen molar-refractivity contribution in [3.05, 3.63) is 33.4 Å². The maximum atomic E-state index is 12.0. The van der Waals surface area contributed by atoms with Crippen LogP contribution in [0.25, 0.3) is 0 Å². The monoisotopic (exact) mass is 345 g/mol. The lowest BCUT2D eigenvalue weighted by molar-refractivity contribution is -0.133. The lowest BCUT2D eigenvalue weighted by atomic mass is 10.1. The van der Waals surface area contributed by atoms with Crippen LogP contribution in [0.3, 0.4) is 0 Å². The van der Waals surface area contributed by atoms with Gasteiger partial charge in [0.1, 0.15) is 0 Å². The first kappa shape index (κ1) is 12.8. The molecule has 0 spiro atoms. The molecule has 1 heterocycles. The molecule has 1 saturated heterocycles. The third-order valence-corrected chi connectivity index (χ3v) is 3.66. The highest BCUT2D eigenvalue weighted by Gasteiger charge is 2.21. The molecule has 1 atom stereocenters. The van der Waals surface area contributed by atoms with Crippen molar-refractivity contribution in [2.45, 2.75) is 25.4 Å². The third-order valence-electron chi connectivity index (χ3n) is 2.99. The molecule has 1 fully saturated rings. The number of piperidine rings is 1. The first-order valence-corrected chi connectivity index (χ1v) is 6.93. The summed E-state index contributed by atoms with van der Waals surface area (Å²) in [5.74, 6) is 0.116. The Morgan fingerprint density at radius 3 is 3.06 bits per heavy atom. The molecule has 1 amide bonds. The van der Waals surface area contributed by atoms with Gasteiger partial charge in [-0.2, -0.15) is 0 Å². The lowest BCUT2D eigenvalue weighted by Gasteiger charge is -2.30. The van der Waals surface area contributed by atoms with E-state index in [1.54, 1.807) is 4.90 Å². The van der Waals surface area contributed by atoms with Gasteiger partial charge in [-0.15, -0.1) is 0 Å². The summed E-state index contributed by atoms with van der Waals surface area (Å²) in [4.78, 5) is 13.8. The van der Waals surface area contributed by atoms with Crippen molar-refractivity contribution in [2.75, 3.05) is 13.1 Å². The first-order valence-electron chi connectivity index (χ1n) is 5.85.